The SMILES string of the molecule is COC1=CC=C(/C=C/c2cc(OC)cc3c2[C@H](c2cc(OC)cc(OC)c2)[C@@H](c2ccc(OC)cc2)C3)CC1. The second-order valence-corrected chi connectivity index (χ2v) is 9.91. The van der Waals surface area contributed by atoms with Gasteiger partial charge in [-0.3, -0.25) is 0 Å². The molecule has 0 spiro atoms. The summed E-state index contributed by atoms with van der Waals surface area (Å²) in [5.41, 5.74) is 7.47. The summed E-state index contributed by atoms with van der Waals surface area (Å²) in [5, 5.41) is 0. The van der Waals surface area contributed by atoms with Gasteiger partial charge in [0.05, 0.1) is 41.3 Å². The summed E-state index contributed by atoms with van der Waals surface area (Å²) in [7, 11) is 8.55. The molecule has 0 aromatic heterocycles. The molecule has 3 aromatic rings. The number of rotatable bonds is 9. The Morgan fingerprint density at radius 3 is 1.87 bits per heavy atom. The highest BCUT2D eigenvalue weighted by Crippen LogP contribution is 2.51. The first-order chi connectivity index (χ1) is 19.1. The molecule has 0 fully saturated rings. The maximum Gasteiger partial charge on any atom is 0.122 e. The number of hydrogen-bond donors (Lipinski definition) is 0. The predicted octanol–water partition coefficient (Wildman–Crippen LogP) is 7.46. The summed E-state index contributed by atoms with van der Waals surface area (Å²) in [4.78, 5) is 0. The van der Waals surface area contributed by atoms with E-state index in [1.807, 2.05) is 18.2 Å². The highest BCUT2D eigenvalue weighted by atomic mass is 16.5. The van der Waals surface area contributed by atoms with Gasteiger partial charge in [-0.2, -0.15) is 0 Å². The van der Waals surface area contributed by atoms with Crippen LogP contribution >= 0.6 is 0 Å². The average Bonchev–Trinajstić information content (AvgIpc) is 3.39. The highest BCUT2D eigenvalue weighted by molar-refractivity contribution is 5.67. The lowest BCUT2D eigenvalue weighted by Crippen LogP contribution is -2.09. The molecule has 0 unspecified atom stereocenters. The van der Waals surface area contributed by atoms with E-state index in [2.05, 4.69) is 60.7 Å². The molecule has 0 radical (unpaired) electrons. The summed E-state index contributed by atoms with van der Waals surface area (Å²) >= 11 is 0. The largest absolute Gasteiger partial charge is 0.501 e. The topological polar surface area (TPSA) is 46.2 Å². The zero-order valence-electron chi connectivity index (χ0n) is 23.3. The minimum absolute atomic E-state index is 0.100. The zero-order chi connectivity index (χ0) is 27.4. The van der Waals surface area contributed by atoms with Crippen molar-refractivity contribution < 1.29 is 23.7 Å². The van der Waals surface area contributed by atoms with Crippen LogP contribution in [0.2, 0.25) is 0 Å². The standard InChI is InChI=1S/C34H36O5/c1-35-27-12-7-22(8-13-27)6-9-24-16-29(37-3)19-26-20-32(23-10-14-28(36-2)15-11-23)34(33(24)26)25-17-30(38-4)21-31(18-25)39-5/h6-7,9-12,14-19,21,32,34H,8,13,20H2,1-5H3/b9-6+/t32-,34-/m1/s1. The Kier molecular flexibility index (Phi) is 7.97. The van der Waals surface area contributed by atoms with Gasteiger partial charge in [-0.05, 0) is 94.6 Å². The van der Waals surface area contributed by atoms with E-state index in [-0.39, 0.29) is 11.8 Å². The smallest absolute Gasteiger partial charge is 0.122 e. The minimum atomic E-state index is 0.100. The van der Waals surface area contributed by atoms with E-state index in [4.69, 9.17) is 23.7 Å². The van der Waals surface area contributed by atoms with Crippen molar-refractivity contribution in [1.82, 2.24) is 0 Å². The van der Waals surface area contributed by atoms with Crippen LogP contribution in [-0.2, 0) is 11.2 Å². The van der Waals surface area contributed by atoms with E-state index in [9.17, 15) is 0 Å². The quantitative estimate of drug-likeness (QED) is 0.291. The van der Waals surface area contributed by atoms with Gasteiger partial charge in [0.1, 0.15) is 23.0 Å². The highest BCUT2D eigenvalue weighted by Gasteiger charge is 2.37. The average molecular weight is 525 g/mol. The molecule has 5 nitrogen and oxygen atoms in total. The lowest BCUT2D eigenvalue weighted by atomic mass is 9.80. The summed E-state index contributed by atoms with van der Waals surface area (Å²) in [6, 6.07) is 19.0. The van der Waals surface area contributed by atoms with E-state index in [0.29, 0.717) is 0 Å². The second kappa shape index (κ2) is 11.7. The van der Waals surface area contributed by atoms with Crippen LogP contribution in [0.1, 0.15) is 52.5 Å². The lowest BCUT2D eigenvalue weighted by Gasteiger charge is -2.24. The van der Waals surface area contributed by atoms with Gasteiger partial charge in [-0.1, -0.05) is 30.4 Å². The number of methoxy groups -OCH3 is 5. The minimum Gasteiger partial charge on any atom is -0.501 e. The van der Waals surface area contributed by atoms with Crippen molar-refractivity contribution in [2.24, 2.45) is 0 Å². The molecule has 39 heavy (non-hydrogen) atoms. The maximum absolute atomic E-state index is 5.75. The second-order valence-electron chi connectivity index (χ2n) is 9.91. The van der Waals surface area contributed by atoms with Crippen LogP contribution in [0.15, 0.2) is 84.2 Å². The summed E-state index contributed by atoms with van der Waals surface area (Å²) < 4.78 is 28.0. The fraction of sp³-hybridized carbons (Fsp3) is 0.294. The van der Waals surface area contributed by atoms with Gasteiger partial charge in [0.25, 0.3) is 0 Å². The Balaban J connectivity index is 1.65. The summed E-state index contributed by atoms with van der Waals surface area (Å²) in [6.45, 7) is 0. The molecule has 0 aliphatic heterocycles. The van der Waals surface area contributed by atoms with E-state index in [0.717, 1.165) is 59.1 Å². The van der Waals surface area contributed by atoms with Crippen LogP contribution in [0.3, 0.4) is 0 Å². The molecule has 2 aliphatic rings. The van der Waals surface area contributed by atoms with Crippen LogP contribution in [0, 0.1) is 0 Å². The van der Waals surface area contributed by atoms with Crippen molar-refractivity contribution in [3.05, 3.63) is 112 Å². The van der Waals surface area contributed by atoms with E-state index in [1.165, 1.54) is 22.3 Å². The third-order valence-electron chi connectivity index (χ3n) is 7.82. The van der Waals surface area contributed by atoms with Gasteiger partial charge in [0.15, 0.2) is 0 Å². The Morgan fingerprint density at radius 1 is 0.615 bits per heavy atom. The van der Waals surface area contributed by atoms with E-state index >= 15 is 0 Å². The maximum atomic E-state index is 5.75. The number of hydrogen-bond acceptors (Lipinski definition) is 5. The Labute approximate surface area is 231 Å². The van der Waals surface area contributed by atoms with Gasteiger partial charge < -0.3 is 23.7 Å². The zero-order valence-corrected chi connectivity index (χ0v) is 23.3. The van der Waals surface area contributed by atoms with Crippen molar-refractivity contribution in [2.45, 2.75) is 31.1 Å². The third-order valence-corrected chi connectivity index (χ3v) is 7.82. The van der Waals surface area contributed by atoms with Gasteiger partial charge in [0.2, 0.25) is 0 Å². The van der Waals surface area contributed by atoms with Crippen molar-refractivity contribution in [2.75, 3.05) is 35.5 Å². The van der Waals surface area contributed by atoms with Crippen LogP contribution in [-0.4, -0.2) is 35.5 Å². The lowest BCUT2D eigenvalue weighted by molar-refractivity contribution is 0.276. The first kappa shape index (κ1) is 26.5. The van der Waals surface area contributed by atoms with Gasteiger partial charge in [0, 0.05) is 18.4 Å². The van der Waals surface area contributed by atoms with Crippen molar-refractivity contribution >= 4 is 6.08 Å². The van der Waals surface area contributed by atoms with Crippen LogP contribution < -0.4 is 18.9 Å². The number of fused-ring (bicyclic) bond motifs is 1. The van der Waals surface area contributed by atoms with Gasteiger partial charge in [-0.15, -0.1) is 0 Å². The molecule has 5 rings (SSSR count). The van der Waals surface area contributed by atoms with Crippen LogP contribution in [0.25, 0.3) is 6.08 Å². The number of allylic oxidation sites excluding steroid dienone is 5. The number of ether oxygens (including phenoxy) is 5. The fourth-order valence-electron chi connectivity index (χ4n) is 5.78. The van der Waals surface area contributed by atoms with Crippen LogP contribution in [0.4, 0.5) is 0 Å². The summed E-state index contributed by atoms with van der Waals surface area (Å²) in [5.74, 6) is 4.63. The molecule has 0 saturated carbocycles. The first-order valence-electron chi connectivity index (χ1n) is 13.3. The van der Waals surface area contributed by atoms with Crippen LogP contribution in [0.5, 0.6) is 23.0 Å². The number of benzene rings is 3. The molecule has 0 amide bonds. The molecule has 0 saturated heterocycles. The van der Waals surface area contributed by atoms with Crippen molar-refractivity contribution in [3.63, 3.8) is 0 Å². The molecule has 3 aromatic carbocycles. The van der Waals surface area contributed by atoms with Gasteiger partial charge in [-0.25, -0.2) is 0 Å². The molecular weight excluding hydrogens is 488 g/mol. The molecule has 0 N–H and O–H groups in total. The monoisotopic (exact) mass is 524 g/mol. The molecular formula is C34H36O5. The molecule has 2 atom stereocenters. The Bertz CT molecular complexity index is 1390. The summed E-state index contributed by atoms with van der Waals surface area (Å²) in [6.07, 6.45) is 11.4. The fourth-order valence-corrected chi connectivity index (χ4v) is 5.78. The first-order valence-corrected chi connectivity index (χ1v) is 13.3. The van der Waals surface area contributed by atoms with E-state index < -0.39 is 0 Å². The predicted molar refractivity (Wildman–Crippen MR) is 155 cm³/mol. The molecule has 202 valence electrons. The van der Waals surface area contributed by atoms with Gasteiger partial charge >= 0.3 is 0 Å². The molecule has 0 bridgehead atoms. The molecule has 2 aliphatic carbocycles. The van der Waals surface area contributed by atoms with Crippen molar-refractivity contribution in [1.29, 1.82) is 0 Å². The third kappa shape index (κ3) is 5.53. The van der Waals surface area contributed by atoms with Crippen molar-refractivity contribution in [3.8, 4) is 23.0 Å². The normalized spacial score (nSPS) is 18.3. The Hall–Kier alpha value is -4.12. The van der Waals surface area contributed by atoms with E-state index in [1.54, 1.807) is 35.5 Å². The molecule has 0 heterocycles. The Morgan fingerprint density at radius 2 is 1.28 bits per heavy atom. The molecule has 5 heteroatoms.